The Labute approximate surface area is 73.7 Å². The van der Waals surface area contributed by atoms with Gasteiger partial charge in [-0.25, -0.2) is 0 Å². The minimum atomic E-state index is 0.361. The van der Waals surface area contributed by atoms with E-state index in [4.69, 9.17) is 16.3 Å². The van der Waals surface area contributed by atoms with Crippen molar-refractivity contribution in [1.29, 1.82) is 0 Å². The second-order valence-corrected chi connectivity index (χ2v) is 3.30. The molecule has 11 heavy (non-hydrogen) atoms. The van der Waals surface area contributed by atoms with Gasteiger partial charge in [-0.2, -0.15) is 0 Å². The van der Waals surface area contributed by atoms with Crippen molar-refractivity contribution in [1.82, 2.24) is 0 Å². The molecular weight excluding hydrogens is 160 g/mol. The maximum Gasteiger partial charge on any atom is 0.116 e. The summed E-state index contributed by atoms with van der Waals surface area (Å²) >= 11 is 5.85. The number of allylic oxidation sites excluding steroid dienone is 2. The highest BCUT2D eigenvalue weighted by atomic mass is 35.5. The van der Waals surface area contributed by atoms with Crippen molar-refractivity contribution >= 4 is 11.6 Å². The summed E-state index contributed by atoms with van der Waals surface area (Å²) < 4.78 is 5.00. The van der Waals surface area contributed by atoms with Crippen LogP contribution in [0.3, 0.4) is 0 Å². The molecule has 0 bridgehead atoms. The summed E-state index contributed by atoms with van der Waals surface area (Å²) in [4.78, 5) is 0. The summed E-state index contributed by atoms with van der Waals surface area (Å²) in [6.45, 7) is 9.72. The fourth-order valence-corrected chi connectivity index (χ4v) is 1.35. The van der Waals surface area contributed by atoms with Crippen molar-refractivity contribution < 1.29 is 4.74 Å². The molecule has 0 saturated carbocycles. The third kappa shape index (κ3) is 2.98. The molecule has 1 nitrogen and oxygen atoms in total. The molecule has 0 unspecified atom stereocenters. The molecule has 0 spiro atoms. The first kappa shape index (κ1) is 10.6. The van der Waals surface area contributed by atoms with Crippen LogP contribution in [0.1, 0.15) is 20.8 Å². The van der Waals surface area contributed by atoms with Gasteiger partial charge in [0.05, 0.1) is 7.11 Å². The Balaban J connectivity index is 4.64. The highest BCUT2D eigenvalue weighted by Gasteiger charge is 2.10. The molecule has 0 atom stereocenters. The van der Waals surface area contributed by atoms with Gasteiger partial charge in [-0.3, -0.25) is 0 Å². The van der Waals surface area contributed by atoms with Gasteiger partial charge in [0.1, 0.15) is 5.76 Å². The maximum absolute atomic E-state index is 5.85. The van der Waals surface area contributed by atoms with Gasteiger partial charge in [0.25, 0.3) is 0 Å². The maximum atomic E-state index is 5.85. The molecular formula is C9H15ClO. The zero-order valence-corrected chi connectivity index (χ0v) is 8.33. The molecule has 0 radical (unpaired) electrons. The second-order valence-electron chi connectivity index (χ2n) is 2.73. The van der Waals surface area contributed by atoms with Crippen LogP contribution in [0, 0.1) is 5.92 Å². The first-order valence-corrected chi connectivity index (χ1v) is 3.98. The molecule has 0 aliphatic rings. The van der Waals surface area contributed by atoms with E-state index in [-0.39, 0.29) is 0 Å². The van der Waals surface area contributed by atoms with Crippen LogP contribution < -0.4 is 0 Å². The molecule has 64 valence electrons. The third-order valence-electron chi connectivity index (χ3n) is 1.50. The van der Waals surface area contributed by atoms with Gasteiger partial charge >= 0.3 is 0 Å². The van der Waals surface area contributed by atoms with E-state index in [1.807, 2.05) is 6.92 Å². The van der Waals surface area contributed by atoms with Crippen LogP contribution in [0.25, 0.3) is 0 Å². The Morgan fingerprint density at radius 3 is 2.00 bits per heavy atom. The smallest absolute Gasteiger partial charge is 0.116 e. The summed E-state index contributed by atoms with van der Waals surface area (Å²) in [5, 5.41) is 0.756. The normalized spacial score (nSPS) is 12.9. The predicted octanol–water partition coefficient (Wildman–Crippen LogP) is 3.32. The molecule has 0 fully saturated rings. The van der Waals surface area contributed by atoms with Gasteiger partial charge < -0.3 is 4.74 Å². The molecule has 0 aliphatic heterocycles. The lowest BCUT2D eigenvalue weighted by Crippen LogP contribution is -2.00. The van der Waals surface area contributed by atoms with Gasteiger partial charge in [-0.05, 0) is 12.8 Å². The molecule has 0 aliphatic carbocycles. The fourth-order valence-electron chi connectivity index (χ4n) is 1.02. The number of hydrogen-bond acceptors (Lipinski definition) is 1. The van der Waals surface area contributed by atoms with Crippen molar-refractivity contribution in [3.8, 4) is 0 Å². The Morgan fingerprint density at radius 2 is 1.91 bits per heavy atom. The lowest BCUT2D eigenvalue weighted by Gasteiger charge is -2.13. The minimum Gasteiger partial charge on any atom is -0.497 e. The van der Waals surface area contributed by atoms with Gasteiger partial charge in [0, 0.05) is 10.6 Å². The van der Waals surface area contributed by atoms with Gasteiger partial charge in [0.15, 0.2) is 0 Å². The van der Waals surface area contributed by atoms with Crippen molar-refractivity contribution in [3.63, 3.8) is 0 Å². The van der Waals surface area contributed by atoms with Crippen LogP contribution >= 0.6 is 11.6 Å². The largest absolute Gasteiger partial charge is 0.497 e. The number of hydrogen-bond donors (Lipinski definition) is 0. The Morgan fingerprint density at radius 1 is 1.45 bits per heavy atom. The van der Waals surface area contributed by atoms with Gasteiger partial charge in [0.2, 0.25) is 0 Å². The zero-order valence-electron chi connectivity index (χ0n) is 7.57. The molecule has 0 aromatic carbocycles. The molecule has 0 N–H and O–H groups in total. The van der Waals surface area contributed by atoms with Crippen LogP contribution in [-0.2, 0) is 4.74 Å². The van der Waals surface area contributed by atoms with Crippen molar-refractivity contribution in [2.75, 3.05) is 7.11 Å². The Hall–Kier alpha value is -0.430. The van der Waals surface area contributed by atoms with Crippen LogP contribution in [0.5, 0.6) is 0 Å². The van der Waals surface area contributed by atoms with E-state index in [0.717, 1.165) is 10.6 Å². The van der Waals surface area contributed by atoms with E-state index in [2.05, 4.69) is 20.4 Å². The first-order chi connectivity index (χ1) is 5.00. The summed E-state index contributed by atoms with van der Waals surface area (Å²) in [7, 11) is 1.60. The average Bonchev–Trinajstić information content (AvgIpc) is 1.85. The zero-order chi connectivity index (χ0) is 9.02. The number of halogens is 1. The first-order valence-electron chi connectivity index (χ1n) is 3.60. The van der Waals surface area contributed by atoms with Crippen molar-refractivity contribution in [2.45, 2.75) is 20.8 Å². The molecule has 0 aromatic rings. The third-order valence-corrected chi connectivity index (χ3v) is 1.70. The summed E-state index contributed by atoms with van der Waals surface area (Å²) in [6.07, 6.45) is 0. The van der Waals surface area contributed by atoms with Crippen LogP contribution in [0.2, 0.25) is 0 Å². The summed E-state index contributed by atoms with van der Waals surface area (Å²) in [6, 6.07) is 0. The second kappa shape index (κ2) is 4.45. The van der Waals surface area contributed by atoms with E-state index in [9.17, 15) is 0 Å². The minimum absolute atomic E-state index is 0.361. The van der Waals surface area contributed by atoms with E-state index < -0.39 is 0 Å². The molecule has 0 aromatic heterocycles. The van der Waals surface area contributed by atoms with Gasteiger partial charge in [-0.1, -0.05) is 32.0 Å². The predicted molar refractivity (Wildman–Crippen MR) is 49.5 cm³/mol. The highest BCUT2D eigenvalue weighted by molar-refractivity contribution is 6.29. The Bertz CT molecular complexity index is 176. The molecule has 0 rings (SSSR count). The molecule has 2 heteroatoms. The van der Waals surface area contributed by atoms with Crippen LogP contribution in [-0.4, -0.2) is 7.11 Å². The lowest BCUT2D eigenvalue weighted by atomic mass is 10.0. The van der Waals surface area contributed by atoms with Crippen LogP contribution in [0.15, 0.2) is 22.9 Å². The quantitative estimate of drug-likeness (QED) is 0.471. The topological polar surface area (TPSA) is 9.23 Å². The number of methoxy groups -OCH3 is 1. The summed E-state index contributed by atoms with van der Waals surface area (Å²) in [5.74, 6) is 1.02. The Kier molecular flexibility index (Phi) is 4.27. The van der Waals surface area contributed by atoms with E-state index >= 15 is 0 Å². The SMILES string of the molecule is C=C(OC)/C(=C(\C)Cl)C(C)C. The molecule has 0 heterocycles. The molecule has 0 amide bonds. The highest BCUT2D eigenvalue weighted by Crippen LogP contribution is 2.24. The fraction of sp³-hybridized carbons (Fsp3) is 0.556. The van der Waals surface area contributed by atoms with E-state index in [1.165, 1.54) is 0 Å². The average molecular weight is 175 g/mol. The number of rotatable bonds is 3. The van der Waals surface area contributed by atoms with Crippen LogP contribution in [0.4, 0.5) is 0 Å². The lowest BCUT2D eigenvalue weighted by molar-refractivity contribution is 0.296. The standard InChI is InChI=1S/C9H15ClO/c1-6(2)9(7(3)10)8(4)11-5/h6H,4H2,1-3,5H3/b9-7+. The monoisotopic (exact) mass is 174 g/mol. The molecule has 0 saturated heterocycles. The van der Waals surface area contributed by atoms with Gasteiger partial charge in [-0.15, -0.1) is 0 Å². The van der Waals surface area contributed by atoms with E-state index in [1.54, 1.807) is 7.11 Å². The number of ether oxygens (including phenoxy) is 1. The van der Waals surface area contributed by atoms with Crippen molar-refractivity contribution in [3.05, 3.63) is 22.9 Å². The summed E-state index contributed by atoms with van der Waals surface area (Å²) in [5.41, 5.74) is 0.995. The van der Waals surface area contributed by atoms with Crippen molar-refractivity contribution in [2.24, 2.45) is 5.92 Å². The van der Waals surface area contributed by atoms with E-state index in [0.29, 0.717) is 11.7 Å².